The molecular weight excluding hydrogens is 446 g/mol. The number of ether oxygens (including phenoxy) is 2. The molecule has 0 bridgehead atoms. The molecule has 1 rings (SSSR count). The monoisotopic (exact) mass is 504 g/mol. The molecule has 0 aliphatic rings. The van der Waals surface area contributed by atoms with Gasteiger partial charge in [-0.05, 0) is 24.1 Å². The van der Waals surface area contributed by atoms with Crippen molar-refractivity contribution in [3.63, 3.8) is 0 Å². The maximum Gasteiger partial charge on any atom is 0.310 e. The fourth-order valence-electron chi connectivity index (χ4n) is 4.53. The first-order chi connectivity index (χ1) is 17.4. The average Bonchev–Trinajstić information content (AvgIpc) is 2.83. The summed E-state index contributed by atoms with van der Waals surface area (Å²) in [7, 11) is 6.44. The smallest absolute Gasteiger partial charge is 0.310 e. The minimum absolute atomic E-state index is 0.161. The van der Waals surface area contributed by atoms with Crippen molar-refractivity contribution in [2.75, 3.05) is 40.9 Å². The van der Waals surface area contributed by atoms with Crippen LogP contribution in [0.15, 0.2) is 24.3 Å². The quantitative estimate of drug-likeness (QED) is 0.0804. The molecule has 4 nitrogen and oxygen atoms in total. The third-order valence-corrected chi connectivity index (χ3v) is 6.75. The molecule has 0 atom stereocenters. The van der Waals surface area contributed by atoms with Crippen molar-refractivity contribution in [3.05, 3.63) is 29.8 Å². The Morgan fingerprint density at radius 2 is 1.22 bits per heavy atom. The van der Waals surface area contributed by atoms with Gasteiger partial charge in [-0.1, -0.05) is 115 Å². The highest BCUT2D eigenvalue weighted by Crippen LogP contribution is 2.16. The molecule has 0 saturated heterocycles. The van der Waals surface area contributed by atoms with E-state index in [9.17, 15) is 4.79 Å². The molecule has 0 aliphatic heterocycles. The van der Waals surface area contributed by atoms with Crippen molar-refractivity contribution in [2.24, 2.45) is 0 Å². The topological polar surface area (TPSA) is 35.5 Å². The SMILES string of the molecule is CCCCCCCCCCCCCCCCCCOc1cccc(CC(=O)OCCC[N+](C)(C)C)c1. The van der Waals surface area contributed by atoms with Crippen LogP contribution in [0.3, 0.4) is 0 Å². The van der Waals surface area contributed by atoms with E-state index >= 15 is 0 Å². The summed E-state index contributed by atoms with van der Waals surface area (Å²) in [4.78, 5) is 12.1. The Bertz CT molecular complexity index is 653. The van der Waals surface area contributed by atoms with Gasteiger partial charge in [0, 0.05) is 6.42 Å². The number of nitrogens with zero attached hydrogens (tertiary/aromatic N) is 1. The Hall–Kier alpha value is -1.55. The van der Waals surface area contributed by atoms with Crippen molar-refractivity contribution in [1.29, 1.82) is 0 Å². The molecule has 1 aromatic carbocycles. The van der Waals surface area contributed by atoms with Crippen LogP contribution in [0.2, 0.25) is 0 Å². The highest BCUT2D eigenvalue weighted by Gasteiger charge is 2.09. The van der Waals surface area contributed by atoms with E-state index in [0.29, 0.717) is 13.0 Å². The summed E-state index contributed by atoms with van der Waals surface area (Å²) in [5.41, 5.74) is 0.955. The van der Waals surface area contributed by atoms with Crippen LogP contribution in [0.1, 0.15) is 122 Å². The summed E-state index contributed by atoms with van der Waals surface area (Å²) in [5.74, 6) is 0.692. The van der Waals surface area contributed by atoms with Gasteiger partial charge in [-0.2, -0.15) is 0 Å². The minimum Gasteiger partial charge on any atom is -0.494 e. The van der Waals surface area contributed by atoms with Crippen molar-refractivity contribution in [2.45, 2.75) is 122 Å². The second-order valence-corrected chi connectivity index (χ2v) is 11.6. The van der Waals surface area contributed by atoms with Crippen LogP contribution in [-0.2, 0) is 16.0 Å². The number of esters is 1. The van der Waals surface area contributed by atoms with E-state index in [1.807, 2.05) is 24.3 Å². The largest absolute Gasteiger partial charge is 0.494 e. The van der Waals surface area contributed by atoms with Crippen molar-refractivity contribution in [1.82, 2.24) is 0 Å². The lowest BCUT2D eigenvalue weighted by Crippen LogP contribution is -2.35. The predicted octanol–water partition coefficient (Wildman–Crippen LogP) is 8.51. The van der Waals surface area contributed by atoms with E-state index in [2.05, 4.69) is 28.1 Å². The molecule has 0 amide bonds. The van der Waals surface area contributed by atoms with Gasteiger partial charge in [0.15, 0.2) is 0 Å². The number of hydrogen-bond donors (Lipinski definition) is 0. The standard InChI is InChI=1S/C32H58NO3/c1-5-6-7-8-9-10-11-12-13-14-15-16-17-18-19-20-26-35-31-24-21-23-30(28-31)29-32(34)36-27-22-25-33(2,3)4/h21,23-24,28H,5-20,22,25-27,29H2,1-4H3/q+1. The second-order valence-electron chi connectivity index (χ2n) is 11.6. The van der Waals surface area contributed by atoms with Crippen LogP contribution >= 0.6 is 0 Å². The minimum atomic E-state index is -0.161. The summed E-state index contributed by atoms with van der Waals surface area (Å²) in [6, 6.07) is 7.87. The van der Waals surface area contributed by atoms with Gasteiger partial charge in [0.1, 0.15) is 5.75 Å². The molecule has 0 N–H and O–H groups in total. The van der Waals surface area contributed by atoms with Crippen LogP contribution in [-0.4, -0.2) is 51.4 Å². The average molecular weight is 505 g/mol. The molecule has 1 aromatic rings. The molecule has 36 heavy (non-hydrogen) atoms. The number of quaternary nitrogens is 1. The molecule has 0 unspecified atom stereocenters. The van der Waals surface area contributed by atoms with Crippen molar-refractivity contribution >= 4 is 5.97 Å². The molecule has 0 aliphatic carbocycles. The van der Waals surface area contributed by atoms with E-state index in [4.69, 9.17) is 9.47 Å². The molecule has 0 aromatic heterocycles. The van der Waals surface area contributed by atoms with Crippen LogP contribution in [0.25, 0.3) is 0 Å². The summed E-state index contributed by atoms with van der Waals surface area (Å²) in [5, 5.41) is 0. The lowest BCUT2D eigenvalue weighted by Gasteiger charge is -2.23. The third-order valence-electron chi connectivity index (χ3n) is 6.75. The summed E-state index contributed by atoms with van der Waals surface area (Å²) in [6.45, 7) is 4.52. The third kappa shape index (κ3) is 20.6. The first kappa shape index (κ1) is 32.5. The van der Waals surface area contributed by atoms with Crippen molar-refractivity contribution in [3.8, 4) is 5.75 Å². The van der Waals surface area contributed by atoms with Crippen LogP contribution in [0.5, 0.6) is 5.75 Å². The maximum atomic E-state index is 12.1. The van der Waals surface area contributed by atoms with E-state index < -0.39 is 0 Å². The molecule has 0 heterocycles. The Kier molecular flexibility index (Phi) is 19.4. The maximum absolute atomic E-state index is 12.1. The van der Waals surface area contributed by atoms with Gasteiger partial charge in [0.25, 0.3) is 0 Å². The van der Waals surface area contributed by atoms with E-state index in [1.165, 1.54) is 96.3 Å². The molecule has 0 saturated carbocycles. The predicted molar refractivity (Wildman–Crippen MR) is 154 cm³/mol. The molecule has 0 spiro atoms. The number of rotatable bonds is 24. The number of hydrogen-bond acceptors (Lipinski definition) is 3. The Balaban J connectivity index is 1.96. The Labute approximate surface area is 223 Å². The number of carbonyl (C=O) groups is 1. The fraction of sp³-hybridized carbons (Fsp3) is 0.781. The highest BCUT2D eigenvalue weighted by atomic mass is 16.5. The van der Waals surface area contributed by atoms with E-state index in [0.717, 1.165) is 41.8 Å². The van der Waals surface area contributed by atoms with Crippen LogP contribution in [0, 0.1) is 0 Å². The van der Waals surface area contributed by atoms with Gasteiger partial charge in [-0.15, -0.1) is 0 Å². The first-order valence-electron chi connectivity index (χ1n) is 15.1. The molecule has 4 heteroatoms. The lowest BCUT2D eigenvalue weighted by molar-refractivity contribution is -0.870. The Morgan fingerprint density at radius 1 is 0.694 bits per heavy atom. The highest BCUT2D eigenvalue weighted by molar-refractivity contribution is 5.72. The number of unbranched alkanes of at least 4 members (excludes halogenated alkanes) is 15. The lowest BCUT2D eigenvalue weighted by atomic mass is 10.0. The van der Waals surface area contributed by atoms with E-state index in [-0.39, 0.29) is 5.97 Å². The van der Waals surface area contributed by atoms with Crippen LogP contribution in [0.4, 0.5) is 0 Å². The van der Waals surface area contributed by atoms with Crippen LogP contribution < -0.4 is 4.74 Å². The summed E-state index contributed by atoms with van der Waals surface area (Å²) >= 11 is 0. The Morgan fingerprint density at radius 3 is 1.75 bits per heavy atom. The molecular formula is C32H58NO3+. The zero-order valence-corrected chi connectivity index (χ0v) is 24.3. The van der Waals surface area contributed by atoms with Gasteiger partial charge in [-0.3, -0.25) is 4.79 Å². The van der Waals surface area contributed by atoms with Gasteiger partial charge >= 0.3 is 5.97 Å². The van der Waals surface area contributed by atoms with Crippen molar-refractivity contribution < 1.29 is 18.8 Å². The normalized spacial score (nSPS) is 11.6. The first-order valence-corrected chi connectivity index (χ1v) is 15.1. The summed E-state index contributed by atoms with van der Waals surface area (Å²) < 4.78 is 12.2. The second kappa shape index (κ2) is 21.5. The van der Waals surface area contributed by atoms with E-state index in [1.54, 1.807) is 0 Å². The molecule has 208 valence electrons. The summed E-state index contributed by atoms with van der Waals surface area (Å²) in [6.07, 6.45) is 23.2. The zero-order chi connectivity index (χ0) is 26.3. The van der Waals surface area contributed by atoms with Gasteiger partial charge in [0.2, 0.25) is 0 Å². The zero-order valence-electron chi connectivity index (χ0n) is 24.3. The van der Waals surface area contributed by atoms with Gasteiger partial charge in [0.05, 0.1) is 47.3 Å². The van der Waals surface area contributed by atoms with Gasteiger partial charge < -0.3 is 14.0 Å². The fourth-order valence-corrected chi connectivity index (χ4v) is 4.53. The molecule has 0 fully saturated rings. The molecule has 0 radical (unpaired) electrons. The number of carbonyl (C=O) groups excluding carboxylic acids is 1. The van der Waals surface area contributed by atoms with Gasteiger partial charge in [-0.25, -0.2) is 0 Å². The number of benzene rings is 1.